The van der Waals surface area contributed by atoms with Gasteiger partial charge in [0.25, 0.3) is 5.91 Å². The minimum absolute atomic E-state index is 0.0106. The lowest BCUT2D eigenvalue weighted by Crippen LogP contribution is -2.30. The summed E-state index contributed by atoms with van der Waals surface area (Å²) in [5, 5.41) is 2.44. The fourth-order valence-corrected chi connectivity index (χ4v) is 4.51. The number of hydrogen-bond donors (Lipinski definition) is 3. The molecule has 1 atom stereocenters. The Morgan fingerprint density at radius 3 is 2.52 bits per heavy atom. The lowest BCUT2D eigenvalue weighted by molar-refractivity contribution is -0.137. The second kappa shape index (κ2) is 8.75. The van der Waals surface area contributed by atoms with Crippen molar-refractivity contribution >= 4 is 28.3 Å². The van der Waals surface area contributed by atoms with E-state index in [1.54, 1.807) is 0 Å². The van der Waals surface area contributed by atoms with Gasteiger partial charge in [0.05, 0.1) is 11.1 Å². The van der Waals surface area contributed by atoms with E-state index in [1.165, 1.54) is 12.1 Å². The van der Waals surface area contributed by atoms with E-state index in [0.29, 0.717) is 29.4 Å². The Kier molecular flexibility index (Phi) is 6.46. The molecule has 0 saturated carbocycles. The van der Waals surface area contributed by atoms with Crippen molar-refractivity contribution in [1.29, 1.82) is 0 Å². The highest BCUT2D eigenvalue weighted by Crippen LogP contribution is 2.43. The van der Waals surface area contributed by atoms with E-state index in [0.717, 1.165) is 30.0 Å². The summed E-state index contributed by atoms with van der Waals surface area (Å²) < 4.78 is 46.0. The SMILES string of the molecule is CC(C)N1CCC(Oc2cc(C(F)(F)F)ccc2-c2cc(C(N)=O)c(NC(N)=O)s2)C1. The van der Waals surface area contributed by atoms with Crippen molar-refractivity contribution in [3.05, 3.63) is 35.4 Å². The van der Waals surface area contributed by atoms with Gasteiger partial charge in [-0.05, 0) is 44.5 Å². The molecule has 1 aliphatic heterocycles. The molecule has 2 heterocycles. The van der Waals surface area contributed by atoms with Gasteiger partial charge < -0.3 is 16.2 Å². The molecule has 11 heteroatoms. The van der Waals surface area contributed by atoms with Crippen molar-refractivity contribution in [2.75, 3.05) is 18.4 Å². The van der Waals surface area contributed by atoms with E-state index >= 15 is 0 Å². The Bertz CT molecular complexity index is 991. The number of amides is 3. The number of hydrogen-bond acceptors (Lipinski definition) is 5. The molecular weight excluding hydrogens is 433 g/mol. The van der Waals surface area contributed by atoms with Crippen LogP contribution in [0.1, 0.15) is 36.2 Å². The van der Waals surface area contributed by atoms with Crippen LogP contribution in [-0.4, -0.2) is 42.1 Å². The summed E-state index contributed by atoms with van der Waals surface area (Å²) in [6.07, 6.45) is -4.13. The van der Waals surface area contributed by atoms with Gasteiger partial charge in [-0.25, -0.2) is 4.79 Å². The average molecular weight is 456 g/mol. The molecule has 168 valence electrons. The molecule has 7 nitrogen and oxygen atoms in total. The summed E-state index contributed by atoms with van der Waals surface area (Å²) >= 11 is 0.976. The lowest BCUT2D eigenvalue weighted by atomic mass is 10.1. The third-order valence-corrected chi connectivity index (χ3v) is 6.09. The number of urea groups is 1. The number of thiophene rings is 1. The summed E-state index contributed by atoms with van der Waals surface area (Å²) in [7, 11) is 0. The van der Waals surface area contributed by atoms with Crippen LogP contribution in [0.2, 0.25) is 0 Å². The van der Waals surface area contributed by atoms with Crippen molar-refractivity contribution in [3.63, 3.8) is 0 Å². The highest BCUT2D eigenvalue weighted by Gasteiger charge is 2.33. The van der Waals surface area contributed by atoms with Gasteiger partial charge in [0.1, 0.15) is 16.9 Å². The van der Waals surface area contributed by atoms with E-state index in [2.05, 4.69) is 10.2 Å². The second-order valence-corrected chi connectivity index (χ2v) is 8.59. The van der Waals surface area contributed by atoms with E-state index in [4.69, 9.17) is 16.2 Å². The third-order valence-electron chi connectivity index (χ3n) is 5.01. The molecule has 0 bridgehead atoms. The minimum atomic E-state index is -4.54. The molecule has 1 aromatic carbocycles. The first-order chi connectivity index (χ1) is 14.5. The van der Waals surface area contributed by atoms with Gasteiger partial charge in [-0.3, -0.25) is 15.0 Å². The molecular formula is C20H23F3N4O3S. The zero-order valence-corrected chi connectivity index (χ0v) is 17.8. The second-order valence-electron chi connectivity index (χ2n) is 7.53. The maximum absolute atomic E-state index is 13.3. The Labute approximate surface area is 181 Å². The fraction of sp³-hybridized carbons (Fsp3) is 0.400. The van der Waals surface area contributed by atoms with Crippen LogP contribution in [-0.2, 0) is 6.18 Å². The molecule has 1 aromatic heterocycles. The molecule has 3 rings (SSSR count). The maximum atomic E-state index is 13.3. The third kappa shape index (κ3) is 5.28. The molecule has 0 spiro atoms. The minimum Gasteiger partial charge on any atom is -0.488 e. The average Bonchev–Trinajstić information content (AvgIpc) is 3.28. The molecule has 1 fully saturated rings. The number of alkyl halides is 3. The molecule has 0 radical (unpaired) electrons. The topological polar surface area (TPSA) is 111 Å². The van der Waals surface area contributed by atoms with Crippen molar-refractivity contribution in [2.24, 2.45) is 11.5 Å². The Hall–Kier alpha value is -2.79. The summed E-state index contributed by atoms with van der Waals surface area (Å²) in [4.78, 5) is 25.6. The smallest absolute Gasteiger partial charge is 0.416 e. The summed E-state index contributed by atoms with van der Waals surface area (Å²) in [6.45, 7) is 5.47. The quantitative estimate of drug-likeness (QED) is 0.612. The molecule has 31 heavy (non-hydrogen) atoms. The van der Waals surface area contributed by atoms with Crippen LogP contribution >= 0.6 is 11.3 Å². The number of carbonyl (C=O) groups is 2. The van der Waals surface area contributed by atoms with E-state index in [9.17, 15) is 22.8 Å². The van der Waals surface area contributed by atoms with Crippen LogP contribution in [0.4, 0.5) is 23.0 Å². The lowest BCUT2D eigenvalue weighted by Gasteiger charge is -2.21. The summed E-state index contributed by atoms with van der Waals surface area (Å²) in [5.74, 6) is -0.752. The first-order valence-corrected chi connectivity index (χ1v) is 10.4. The molecule has 1 aliphatic rings. The molecule has 1 unspecified atom stereocenters. The number of halogens is 3. The van der Waals surface area contributed by atoms with Gasteiger partial charge in [0.15, 0.2) is 0 Å². The monoisotopic (exact) mass is 456 g/mol. The predicted molar refractivity (Wildman–Crippen MR) is 112 cm³/mol. The van der Waals surface area contributed by atoms with Gasteiger partial charge in [0, 0.05) is 29.6 Å². The first kappa shape index (κ1) is 22.9. The van der Waals surface area contributed by atoms with E-state index in [-0.39, 0.29) is 22.4 Å². The highest BCUT2D eigenvalue weighted by atomic mass is 32.1. The standard InChI is InChI=1S/C20H23F3N4O3S/c1-10(2)27-6-5-12(9-27)30-15-7-11(20(21,22)23)3-4-13(15)16-8-14(17(24)28)18(31-16)26-19(25)29/h3-4,7-8,10,12H,5-6,9H2,1-2H3,(H2,24,28)(H3,25,26,29). The van der Waals surface area contributed by atoms with Crippen LogP contribution in [0, 0.1) is 0 Å². The number of benzene rings is 1. The molecule has 1 saturated heterocycles. The Morgan fingerprint density at radius 1 is 1.26 bits per heavy atom. The molecule has 3 amide bonds. The fourth-order valence-electron chi connectivity index (χ4n) is 3.41. The van der Waals surface area contributed by atoms with Gasteiger partial charge >= 0.3 is 12.2 Å². The number of nitrogens with zero attached hydrogens (tertiary/aromatic N) is 1. The number of likely N-dealkylation sites (tertiary alicyclic amines) is 1. The van der Waals surface area contributed by atoms with Crippen molar-refractivity contribution in [1.82, 2.24) is 4.90 Å². The zero-order valence-electron chi connectivity index (χ0n) is 17.0. The Balaban J connectivity index is 2.02. The number of nitrogens with two attached hydrogens (primary N) is 2. The van der Waals surface area contributed by atoms with Crippen molar-refractivity contribution in [3.8, 4) is 16.2 Å². The van der Waals surface area contributed by atoms with E-state index < -0.39 is 23.7 Å². The maximum Gasteiger partial charge on any atom is 0.416 e. The number of ether oxygens (including phenoxy) is 1. The van der Waals surface area contributed by atoms with Gasteiger partial charge in [-0.15, -0.1) is 11.3 Å². The number of carbonyl (C=O) groups excluding carboxylic acids is 2. The van der Waals surface area contributed by atoms with Crippen LogP contribution in [0.25, 0.3) is 10.4 Å². The first-order valence-electron chi connectivity index (χ1n) is 9.58. The van der Waals surface area contributed by atoms with Crippen LogP contribution in [0.3, 0.4) is 0 Å². The molecule has 2 aromatic rings. The van der Waals surface area contributed by atoms with Crippen LogP contribution < -0.4 is 21.5 Å². The van der Waals surface area contributed by atoms with Crippen LogP contribution in [0.5, 0.6) is 5.75 Å². The van der Waals surface area contributed by atoms with Gasteiger partial charge in [-0.1, -0.05) is 0 Å². The van der Waals surface area contributed by atoms with Gasteiger partial charge in [-0.2, -0.15) is 13.2 Å². The van der Waals surface area contributed by atoms with Gasteiger partial charge in [0.2, 0.25) is 0 Å². The molecule has 0 aliphatic carbocycles. The highest BCUT2D eigenvalue weighted by molar-refractivity contribution is 7.20. The zero-order chi connectivity index (χ0) is 22.9. The number of anilines is 1. The number of primary amides is 2. The van der Waals surface area contributed by atoms with Crippen LogP contribution in [0.15, 0.2) is 24.3 Å². The summed E-state index contributed by atoms with van der Waals surface area (Å²) in [5.41, 5.74) is 10.0. The van der Waals surface area contributed by atoms with E-state index in [1.807, 2.05) is 13.8 Å². The number of nitrogens with one attached hydrogen (secondary N) is 1. The summed E-state index contributed by atoms with van der Waals surface area (Å²) in [6, 6.07) is 4.01. The predicted octanol–water partition coefficient (Wildman–Crippen LogP) is 3.88. The molecule has 5 N–H and O–H groups in total. The van der Waals surface area contributed by atoms with Crippen molar-refractivity contribution in [2.45, 2.75) is 38.6 Å². The normalized spacial score (nSPS) is 17.2. The van der Waals surface area contributed by atoms with Crippen molar-refractivity contribution < 1.29 is 27.5 Å². The number of rotatable bonds is 6. The Morgan fingerprint density at radius 2 is 1.97 bits per heavy atom. The largest absolute Gasteiger partial charge is 0.488 e.